The van der Waals surface area contributed by atoms with E-state index in [2.05, 4.69) is 9.97 Å². The fraction of sp³-hybridized carbons (Fsp3) is 0.375. The Kier molecular flexibility index (Phi) is 4.75. The molecule has 0 spiro atoms. The molecule has 2 N–H and O–H groups in total. The van der Waals surface area contributed by atoms with Crippen LogP contribution >= 0.6 is 11.3 Å². The van der Waals surface area contributed by atoms with Crippen LogP contribution in [-0.4, -0.2) is 40.3 Å². The van der Waals surface area contributed by atoms with Gasteiger partial charge in [0.2, 0.25) is 5.88 Å². The van der Waals surface area contributed by atoms with E-state index in [9.17, 15) is 9.59 Å². The Morgan fingerprint density at radius 2 is 2.21 bits per heavy atom. The van der Waals surface area contributed by atoms with E-state index in [0.717, 1.165) is 24.3 Å². The number of thiazole rings is 1. The second kappa shape index (κ2) is 6.96. The van der Waals surface area contributed by atoms with Gasteiger partial charge < -0.3 is 15.4 Å². The largest absolute Gasteiger partial charge is 0.480 e. The van der Waals surface area contributed by atoms with Crippen molar-refractivity contribution in [2.75, 3.05) is 13.7 Å². The van der Waals surface area contributed by atoms with Crippen LogP contribution < -0.4 is 10.5 Å². The maximum Gasteiger partial charge on any atom is 0.260 e. The van der Waals surface area contributed by atoms with Gasteiger partial charge in [-0.2, -0.15) is 0 Å². The molecule has 0 aromatic carbocycles. The predicted octanol–water partition coefficient (Wildman–Crippen LogP) is 2.01. The summed E-state index contributed by atoms with van der Waals surface area (Å²) in [7, 11) is 1.49. The van der Waals surface area contributed by atoms with Crippen LogP contribution in [0.25, 0.3) is 0 Å². The van der Waals surface area contributed by atoms with E-state index in [1.54, 1.807) is 23.2 Å². The zero-order valence-corrected chi connectivity index (χ0v) is 14.1. The molecular formula is C16H18N4O3S. The monoisotopic (exact) mass is 346 g/mol. The number of ether oxygens (including phenoxy) is 1. The first-order valence-electron chi connectivity index (χ1n) is 7.67. The van der Waals surface area contributed by atoms with Crippen molar-refractivity contribution in [3.05, 3.63) is 40.0 Å². The summed E-state index contributed by atoms with van der Waals surface area (Å²) in [5, 5.41) is 0.736. The number of piperidine rings is 1. The molecule has 7 nitrogen and oxygen atoms in total. The Morgan fingerprint density at radius 1 is 1.38 bits per heavy atom. The second-order valence-electron chi connectivity index (χ2n) is 5.50. The van der Waals surface area contributed by atoms with Gasteiger partial charge in [0.05, 0.1) is 19.3 Å². The van der Waals surface area contributed by atoms with Gasteiger partial charge in [-0.3, -0.25) is 9.59 Å². The van der Waals surface area contributed by atoms with Crippen molar-refractivity contribution in [1.82, 2.24) is 14.9 Å². The van der Waals surface area contributed by atoms with Crippen LogP contribution in [0, 0.1) is 0 Å². The van der Waals surface area contributed by atoms with Crippen molar-refractivity contribution in [3.63, 3.8) is 0 Å². The summed E-state index contributed by atoms with van der Waals surface area (Å²) in [5.74, 6) is -0.328. The molecule has 1 fully saturated rings. The highest BCUT2D eigenvalue weighted by atomic mass is 32.1. The lowest BCUT2D eigenvalue weighted by Gasteiger charge is -2.34. The van der Waals surface area contributed by atoms with E-state index >= 15 is 0 Å². The van der Waals surface area contributed by atoms with Crippen molar-refractivity contribution >= 4 is 23.2 Å². The molecule has 8 heteroatoms. The standard InChI is InChI=1S/C16H18N4O3S/c1-23-14-10(5-4-7-18-14)16(22)20-8-3-2-6-11(20)15-19-9-12(24-15)13(17)21/h4-5,7,9,11H,2-3,6,8H2,1H3,(H2,17,21). The third-order valence-electron chi connectivity index (χ3n) is 4.01. The molecule has 2 aromatic rings. The number of rotatable bonds is 4. The Bertz CT molecular complexity index is 761. The zero-order chi connectivity index (χ0) is 17.1. The summed E-state index contributed by atoms with van der Waals surface area (Å²) in [5.41, 5.74) is 5.74. The van der Waals surface area contributed by atoms with Crippen LogP contribution in [0.1, 0.15) is 50.3 Å². The van der Waals surface area contributed by atoms with Gasteiger partial charge in [-0.05, 0) is 31.4 Å². The number of amides is 2. The fourth-order valence-electron chi connectivity index (χ4n) is 2.86. The van der Waals surface area contributed by atoms with Crippen LogP contribution in [0.4, 0.5) is 0 Å². The zero-order valence-electron chi connectivity index (χ0n) is 13.3. The molecule has 2 amide bonds. The van der Waals surface area contributed by atoms with Gasteiger partial charge in [0.25, 0.3) is 11.8 Å². The number of primary amides is 1. The lowest BCUT2D eigenvalue weighted by Crippen LogP contribution is -2.38. The minimum atomic E-state index is -0.499. The van der Waals surface area contributed by atoms with Gasteiger partial charge in [0, 0.05) is 12.7 Å². The second-order valence-corrected chi connectivity index (χ2v) is 6.56. The van der Waals surface area contributed by atoms with E-state index in [-0.39, 0.29) is 11.9 Å². The maximum atomic E-state index is 13.0. The first-order chi connectivity index (χ1) is 11.6. The molecule has 0 aliphatic carbocycles. The molecule has 1 saturated heterocycles. The smallest absolute Gasteiger partial charge is 0.260 e. The van der Waals surface area contributed by atoms with Crippen LogP contribution in [-0.2, 0) is 0 Å². The van der Waals surface area contributed by atoms with Crippen molar-refractivity contribution in [3.8, 4) is 5.88 Å². The number of hydrogen-bond donors (Lipinski definition) is 1. The molecule has 1 unspecified atom stereocenters. The summed E-state index contributed by atoms with van der Waals surface area (Å²) in [6, 6.07) is 3.26. The number of methoxy groups -OCH3 is 1. The minimum Gasteiger partial charge on any atom is -0.480 e. The molecule has 3 heterocycles. The molecule has 3 rings (SSSR count). The fourth-order valence-corrected chi connectivity index (χ4v) is 3.78. The average molecular weight is 346 g/mol. The molecule has 2 aromatic heterocycles. The number of pyridine rings is 1. The van der Waals surface area contributed by atoms with Crippen molar-refractivity contribution < 1.29 is 14.3 Å². The number of aromatic nitrogens is 2. The first-order valence-corrected chi connectivity index (χ1v) is 8.49. The Labute approximate surface area is 143 Å². The molecule has 0 bridgehead atoms. The van der Waals surface area contributed by atoms with E-state index in [0.29, 0.717) is 22.9 Å². The lowest BCUT2D eigenvalue weighted by molar-refractivity contribution is 0.0607. The van der Waals surface area contributed by atoms with Crippen LogP contribution in [0.3, 0.4) is 0 Å². The van der Waals surface area contributed by atoms with E-state index in [1.807, 2.05) is 0 Å². The third-order valence-corrected chi connectivity index (χ3v) is 5.12. The highest BCUT2D eigenvalue weighted by Gasteiger charge is 2.32. The number of nitrogens with zero attached hydrogens (tertiary/aromatic N) is 3. The molecule has 1 aliphatic rings. The van der Waals surface area contributed by atoms with E-state index in [1.165, 1.54) is 24.6 Å². The first kappa shape index (κ1) is 16.4. The van der Waals surface area contributed by atoms with Crippen LogP contribution in [0.5, 0.6) is 5.88 Å². The van der Waals surface area contributed by atoms with Gasteiger partial charge in [0.15, 0.2) is 0 Å². The maximum absolute atomic E-state index is 13.0. The van der Waals surface area contributed by atoms with Crippen molar-refractivity contribution in [2.45, 2.75) is 25.3 Å². The molecular weight excluding hydrogens is 328 g/mol. The summed E-state index contributed by atoms with van der Waals surface area (Å²) in [6.07, 6.45) is 5.80. The summed E-state index contributed by atoms with van der Waals surface area (Å²) in [4.78, 5) is 34.9. The Hall–Kier alpha value is -2.48. The number of carbonyl (C=O) groups excluding carboxylic acids is 2. The number of likely N-dealkylation sites (tertiary alicyclic amines) is 1. The van der Waals surface area contributed by atoms with Gasteiger partial charge >= 0.3 is 0 Å². The van der Waals surface area contributed by atoms with Crippen molar-refractivity contribution in [1.29, 1.82) is 0 Å². The molecule has 126 valence electrons. The quantitative estimate of drug-likeness (QED) is 0.913. The number of hydrogen-bond acceptors (Lipinski definition) is 6. The third kappa shape index (κ3) is 3.09. The highest BCUT2D eigenvalue weighted by molar-refractivity contribution is 7.13. The predicted molar refractivity (Wildman–Crippen MR) is 89.0 cm³/mol. The van der Waals surface area contributed by atoms with E-state index < -0.39 is 5.91 Å². The highest BCUT2D eigenvalue weighted by Crippen LogP contribution is 2.35. The van der Waals surface area contributed by atoms with Crippen molar-refractivity contribution in [2.24, 2.45) is 5.73 Å². The van der Waals surface area contributed by atoms with Crippen LogP contribution in [0.2, 0.25) is 0 Å². The summed E-state index contributed by atoms with van der Waals surface area (Å²) < 4.78 is 5.20. The molecule has 1 atom stereocenters. The van der Waals surface area contributed by atoms with Crippen LogP contribution in [0.15, 0.2) is 24.5 Å². The Morgan fingerprint density at radius 3 is 2.92 bits per heavy atom. The lowest BCUT2D eigenvalue weighted by atomic mass is 10.0. The number of carbonyl (C=O) groups is 2. The molecule has 1 aliphatic heterocycles. The average Bonchev–Trinajstić information content (AvgIpc) is 3.11. The summed E-state index contributed by atoms with van der Waals surface area (Å²) >= 11 is 1.25. The van der Waals surface area contributed by atoms with Gasteiger partial charge in [-0.15, -0.1) is 11.3 Å². The molecule has 24 heavy (non-hydrogen) atoms. The SMILES string of the molecule is COc1ncccc1C(=O)N1CCCCC1c1ncc(C(N)=O)s1. The van der Waals surface area contributed by atoms with Gasteiger partial charge in [-0.1, -0.05) is 0 Å². The Balaban J connectivity index is 1.91. The number of nitrogens with two attached hydrogens (primary N) is 1. The molecule has 0 radical (unpaired) electrons. The normalized spacial score (nSPS) is 17.5. The summed E-state index contributed by atoms with van der Waals surface area (Å²) in [6.45, 7) is 0.632. The molecule has 0 saturated carbocycles. The van der Waals surface area contributed by atoms with E-state index in [4.69, 9.17) is 10.5 Å². The minimum absolute atomic E-state index is 0.138. The van der Waals surface area contributed by atoms with Gasteiger partial charge in [0.1, 0.15) is 15.4 Å². The van der Waals surface area contributed by atoms with Gasteiger partial charge in [-0.25, -0.2) is 9.97 Å². The topological polar surface area (TPSA) is 98.4 Å².